The third-order valence-corrected chi connectivity index (χ3v) is 23.0. The van der Waals surface area contributed by atoms with Crippen molar-refractivity contribution in [2.24, 2.45) is 5.92 Å². The summed E-state index contributed by atoms with van der Waals surface area (Å²) in [5.41, 5.74) is 19.7. The number of hydrogen-bond acceptors (Lipinski definition) is 0. The zero-order valence-electron chi connectivity index (χ0n) is 32.9. The first-order valence-electron chi connectivity index (χ1n) is 18.2. The maximum absolute atomic E-state index is 2.81. The third kappa shape index (κ3) is 6.21. The minimum absolute atomic E-state index is 0. The van der Waals surface area contributed by atoms with Crippen molar-refractivity contribution in [2.75, 3.05) is 0 Å². The van der Waals surface area contributed by atoms with E-state index in [1.807, 2.05) is 3.28 Å². The molecule has 4 aliphatic carbocycles. The Kier molecular flexibility index (Phi) is 10.2. The van der Waals surface area contributed by atoms with E-state index >= 15 is 0 Å². The van der Waals surface area contributed by atoms with Crippen LogP contribution in [0.15, 0.2) is 78.0 Å². The molecule has 0 aliphatic heterocycles. The number of halogens is 2. The van der Waals surface area contributed by atoms with Gasteiger partial charge >= 0.3 is 302 Å². The Morgan fingerprint density at radius 3 is 1.86 bits per heavy atom. The van der Waals surface area contributed by atoms with Gasteiger partial charge in [0.1, 0.15) is 0 Å². The van der Waals surface area contributed by atoms with E-state index < -0.39 is 29.3 Å². The van der Waals surface area contributed by atoms with Crippen LogP contribution in [-0.2, 0) is 43.9 Å². The van der Waals surface area contributed by atoms with E-state index in [0.717, 1.165) is 6.42 Å². The molecule has 262 valence electrons. The first-order valence-corrected chi connectivity index (χ1v) is 25.6. The summed E-state index contributed by atoms with van der Waals surface area (Å²) in [6.45, 7) is 34.1. The number of hydrogen-bond donors (Lipinski definition) is 0. The van der Waals surface area contributed by atoms with Crippen LogP contribution in [-0.4, -0.2) is 11.8 Å². The Bertz CT molecular complexity index is 2080. The van der Waals surface area contributed by atoms with E-state index in [0.29, 0.717) is 5.92 Å². The summed E-state index contributed by atoms with van der Waals surface area (Å²) in [7, 11) is -1.46. The predicted molar refractivity (Wildman–Crippen MR) is 211 cm³/mol. The summed E-state index contributed by atoms with van der Waals surface area (Å²) in [6, 6.07) is 19.9. The van der Waals surface area contributed by atoms with Gasteiger partial charge in [0.05, 0.1) is 0 Å². The summed E-state index contributed by atoms with van der Waals surface area (Å²) in [5, 5.41) is 1.70. The van der Waals surface area contributed by atoms with E-state index in [1.165, 1.54) is 55.6 Å². The number of fused-ring (bicyclic) bond motifs is 5. The summed E-state index contributed by atoms with van der Waals surface area (Å²) >= 11 is -2.57. The van der Waals surface area contributed by atoms with Crippen LogP contribution in [0.1, 0.15) is 121 Å². The van der Waals surface area contributed by atoms with Crippen LogP contribution < -0.4 is 24.8 Å². The molecule has 1 atom stereocenters. The minimum Gasteiger partial charge on any atom is -1.00 e. The van der Waals surface area contributed by atoms with Gasteiger partial charge in [0, 0.05) is 0 Å². The monoisotopic (exact) mass is 796 g/mol. The summed E-state index contributed by atoms with van der Waals surface area (Å²) in [5.74, 6) is 0.519. The Labute approximate surface area is 324 Å². The maximum Gasteiger partial charge on any atom is -1.00 e. The van der Waals surface area contributed by atoms with Crippen molar-refractivity contribution in [1.29, 1.82) is 0 Å². The van der Waals surface area contributed by atoms with Gasteiger partial charge in [0.25, 0.3) is 0 Å². The van der Waals surface area contributed by atoms with E-state index in [-0.39, 0.29) is 41.1 Å². The van der Waals surface area contributed by atoms with Crippen molar-refractivity contribution in [1.82, 2.24) is 0 Å². The molecule has 3 aromatic carbocycles. The van der Waals surface area contributed by atoms with Crippen molar-refractivity contribution in [2.45, 2.75) is 118 Å². The van der Waals surface area contributed by atoms with Gasteiger partial charge in [-0.15, -0.1) is 0 Å². The average molecular weight is 799 g/mol. The van der Waals surface area contributed by atoms with Crippen LogP contribution >= 0.6 is 0 Å². The molecule has 0 heterocycles. The molecular weight excluding hydrogens is 743 g/mol. The Hall–Kier alpha value is -1.83. The number of allylic oxidation sites excluding steroid dienone is 8. The largest absolute Gasteiger partial charge is 1.00 e. The van der Waals surface area contributed by atoms with Gasteiger partial charge in [0.2, 0.25) is 0 Å². The fraction of sp³-hybridized carbons (Fsp3) is 0.413. The Balaban J connectivity index is 0.00000243. The van der Waals surface area contributed by atoms with E-state index in [4.69, 9.17) is 0 Å². The van der Waals surface area contributed by atoms with Crippen molar-refractivity contribution < 1.29 is 46.1 Å². The molecule has 4 heteroatoms. The van der Waals surface area contributed by atoms with E-state index in [1.54, 1.807) is 25.2 Å². The van der Waals surface area contributed by atoms with Crippen molar-refractivity contribution in [3.05, 3.63) is 123 Å². The van der Waals surface area contributed by atoms with Gasteiger partial charge in [-0.2, -0.15) is 0 Å². The molecule has 0 amide bonds. The van der Waals surface area contributed by atoms with Crippen molar-refractivity contribution in [3.63, 3.8) is 0 Å². The molecule has 1 unspecified atom stereocenters. The predicted octanol–water partition coefficient (Wildman–Crippen LogP) is 6.48. The molecule has 0 bridgehead atoms. The second-order valence-electron chi connectivity index (χ2n) is 18.5. The zero-order valence-corrected chi connectivity index (χ0v) is 37.9. The minimum atomic E-state index is -2.57. The Morgan fingerprint density at radius 1 is 0.760 bits per heavy atom. The van der Waals surface area contributed by atoms with Gasteiger partial charge in [0.15, 0.2) is 0 Å². The fourth-order valence-corrected chi connectivity index (χ4v) is 20.7. The maximum atomic E-state index is 2.81. The normalized spacial score (nSPS) is 19.8. The van der Waals surface area contributed by atoms with E-state index in [9.17, 15) is 0 Å². The first-order chi connectivity index (χ1) is 22.2. The second-order valence-corrected chi connectivity index (χ2v) is 28.9. The van der Waals surface area contributed by atoms with Crippen LogP contribution in [0.5, 0.6) is 0 Å². The molecule has 50 heavy (non-hydrogen) atoms. The van der Waals surface area contributed by atoms with Gasteiger partial charge in [-0.1, -0.05) is 0 Å². The molecular formula is C46H56Cl2SiZr. The molecule has 0 N–H and O–H groups in total. The molecule has 3 aromatic rings. The Morgan fingerprint density at radius 2 is 1.32 bits per heavy atom. The first kappa shape index (κ1) is 39.4. The molecule has 0 fully saturated rings. The molecule has 0 saturated carbocycles. The molecule has 0 radical (unpaired) electrons. The van der Waals surface area contributed by atoms with Gasteiger partial charge in [-0.3, -0.25) is 0 Å². The number of benzene rings is 3. The van der Waals surface area contributed by atoms with Crippen molar-refractivity contribution >= 4 is 22.9 Å². The molecule has 0 spiro atoms. The van der Waals surface area contributed by atoms with Crippen LogP contribution in [0.3, 0.4) is 0 Å². The molecule has 4 aliphatic rings. The topological polar surface area (TPSA) is 0 Å². The molecule has 0 aromatic heterocycles. The zero-order chi connectivity index (χ0) is 34.9. The smallest absolute Gasteiger partial charge is 1.00 e. The molecule has 0 nitrogen and oxygen atoms in total. The van der Waals surface area contributed by atoms with Crippen molar-refractivity contribution in [3.8, 4) is 11.1 Å². The summed E-state index contributed by atoms with van der Waals surface area (Å²) < 4.78 is 6.40. The van der Waals surface area contributed by atoms with Gasteiger partial charge in [-0.25, -0.2) is 0 Å². The third-order valence-electron chi connectivity index (χ3n) is 12.1. The van der Waals surface area contributed by atoms with Crippen LogP contribution in [0.4, 0.5) is 0 Å². The average Bonchev–Trinajstić information content (AvgIpc) is 3.62. The second kappa shape index (κ2) is 12.9. The van der Waals surface area contributed by atoms with Crippen LogP contribution in [0, 0.1) is 5.92 Å². The summed E-state index contributed by atoms with van der Waals surface area (Å²) in [6.07, 6.45) is 6.18. The van der Waals surface area contributed by atoms with Crippen LogP contribution in [0.25, 0.3) is 22.3 Å². The quantitative estimate of drug-likeness (QED) is 0.208. The van der Waals surface area contributed by atoms with Gasteiger partial charge in [-0.05, 0) is 0 Å². The van der Waals surface area contributed by atoms with E-state index in [2.05, 4.69) is 160 Å². The standard InChI is InChI=1S/C25H25.C11H14.C10H17Si.2ClH.Zr/c1-14-12-24(3,4)22-8-16-7-17-9-23-19(15(2)13-25(23,5)6)11-21(17)20(16)10-18(14)22;1-9-5-7-10(8-6-9)11(2,3)4;1-8-6-9(2)10(7-8)11(3,4)5;;;/h8-12H,7H2,1-6H3;1,5-8H,2-4H3;7-8H,1-5H3;2*1H;/q;;;;;+2/p-2. The molecule has 0 saturated heterocycles. The number of rotatable bonds is 4. The summed E-state index contributed by atoms with van der Waals surface area (Å²) in [4.78, 5) is 0. The van der Waals surface area contributed by atoms with Gasteiger partial charge < -0.3 is 24.8 Å². The SMILES string of the molecule is CC1=CC(C)(C)c2cc3c(cc21)-c1cc2c(cc1C3)C(C)(C)[C]([Zr+2](=[CH]c1ccc(C(C)(C)C)cc1)[C]1=C(C)C([Si](C)(C)C)=CC1C)=C2C.[Cl-].[Cl-]. The van der Waals surface area contributed by atoms with Crippen LogP contribution in [0.2, 0.25) is 19.6 Å². The fourth-order valence-electron chi connectivity index (χ4n) is 9.68. The molecule has 7 rings (SSSR count).